The van der Waals surface area contributed by atoms with E-state index in [1.54, 1.807) is 25.1 Å². The minimum Gasteiger partial charge on any atom is -0.384 e. The molecule has 1 aliphatic rings. The highest BCUT2D eigenvalue weighted by molar-refractivity contribution is 6.23. The molecule has 8 nitrogen and oxygen atoms in total. The third-order valence-corrected chi connectivity index (χ3v) is 4.99. The van der Waals surface area contributed by atoms with Crippen LogP contribution in [0.15, 0.2) is 47.4 Å². The average Bonchev–Trinajstić information content (AvgIpc) is 3.00. The summed E-state index contributed by atoms with van der Waals surface area (Å²) >= 11 is 0. The highest BCUT2D eigenvalue weighted by atomic mass is 19.4. The molecule has 0 fully saturated rings. The Balaban J connectivity index is 1.92. The maximum atomic E-state index is 13.3. The summed E-state index contributed by atoms with van der Waals surface area (Å²) < 4.78 is 40.9. The van der Waals surface area contributed by atoms with Crippen molar-refractivity contribution in [2.24, 2.45) is 0 Å². The number of pyridine rings is 2. The number of carbonyl (C=O) groups excluding carboxylic acids is 2. The quantitative estimate of drug-likeness (QED) is 0.602. The van der Waals surface area contributed by atoms with Crippen LogP contribution in [0.25, 0.3) is 16.8 Å². The molecule has 0 atom stereocenters. The third kappa shape index (κ3) is 3.37. The minimum absolute atomic E-state index is 0.123. The first-order valence-corrected chi connectivity index (χ1v) is 9.25. The predicted octanol–water partition coefficient (Wildman–Crippen LogP) is 2.45. The fraction of sp³-hybridized carbons (Fsp3) is 0.143. The average molecular weight is 443 g/mol. The Kier molecular flexibility index (Phi) is 4.76. The SMILES string of the molecule is CN(C)c1ncc(C(F)(F)F)cc1-c1cccc(-n2c(N)c3c(cc2=O)C(=O)NC3=O)c1. The number of alkyl halides is 3. The van der Waals surface area contributed by atoms with E-state index in [0.29, 0.717) is 5.56 Å². The van der Waals surface area contributed by atoms with E-state index in [2.05, 4.69) is 10.3 Å². The lowest BCUT2D eigenvalue weighted by molar-refractivity contribution is -0.137. The molecule has 1 aliphatic heterocycles. The number of hydrogen-bond acceptors (Lipinski definition) is 6. The summed E-state index contributed by atoms with van der Waals surface area (Å²) in [6, 6.07) is 8.05. The number of benzene rings is 1. The van der Waals surface area contributed by atoms with Crippen LogP contribution >= 0.6 is 0 Å². The van der Waals surface area contributed by atoms with Crippen LogP contribution in [0.4, 0.5) is 24.8 Å². The smallest absolute Gasteiger partial charge is 0.384 e. The van der Waals surface area contributed by atoms with Gasteiger partial charge in [-0.05, 0) is 23.8 Å². The topological polar surface area (TPSA) is 110 Å². The second kappa shape index (κ2) is 7.22. The monoisotopic (exact) mass is 443 g/mol. The number of amides is 2. The van der Waals surface area contributed by atoms with Crippen LogP contribution in [0.3, 0.4) is 0 Å². The van der Waals surface area contributed by atoms with Crippen LogP contribution < -0.4 is 21.5 Å². The van der Waals surface area contributed by atoms with Gasteiger partial charge < -0.3 is 10.6 Å². The molecule has 0 saturated carbocycles. The summed E-state index contributed by atoms with van der Waals surface area (Å²) in [6.07, 6.45) is -3.84. The molecular formula is C21H16F3N5O3. The van der Waals surface area contributed by atoms with Crippen molar-refractivity contribution in [3.63, 3.8) is 0 Å². The van der Waals surface area contributed by atoms with Gasteiger partial charge in [0.25, 0.3) is 17.4 Å². The van der Waals surface area contributed by atoms with E-state index in [-0.39, 0.29) is 34.0 Å². The number of imide groups is 1. The second-order valence-corrected chi connectivity index (χ2v) is 7.31. The molecule has 0 spiro atoms. The maximum Gasteiger partial charge on any atom is 0.417 e. The lowest BCUT2D eigenvalue weighted by atomic mass is 10.0. The van der Waals surface area contributed by atoms with Gasteiger partial charge in [-0.15, -0.1) is 0 Å². The maximum absolute atomic E-state index is 13.3. The van der Waals surface area contributed by atoms with Crippen molar-refractivity contribution in [3.05, 3.63) is 69.6 Å². The number of aromatic nitrogens is 2. The van der Waals surface area contributed by atoms with E-state index >= 15 is 0 Å². The molecule has 2 aromatic heterocycles. The molecule has 0 unspecified atom stereocenters. The summed E-state index contributed by atoms with van der Waals surface area (Å²) in [4.78, 5) is 42.1. The molecule has 3 N–H and O–H groups in total. The first kappa shape index (κ1) is 21.1. The van der Waals surface area contributed by atoms with Gasteiger partial charge >= 0.3 is 6.18 Å². The first-order valence-electron chi connectivity index (χ1n) is 9.25. The Morgan fingerprint density at radius 3 is 2.41 bits per heavy atom. The number of rotatable bonds is 3. The van der Waals surface area contributed by atoms with Gasteiger partial charge in [0.1, 0.15) is 11.6 Å². The summed E-state index contributed by atoms with van der Waals surface area (Å²) in [5, 5.41) is 2.08. The molecule has 164 valence electrons. The van der Waals surface area contributed by atoms with Crippen molar-refractivity contribution in [1.82, 2.24) is 14.9 Å². The normalized spacial score (nSPS) is 13.2. The van der Waals surface area contributed by atoms with Crippen LogP contribution in [0.1, 0.15) is 26.3 Å². The van der Waals surface area contributed by atoms with Crippen molar-refractivity contribution >= 4 is 23.5 Å². The Bertz CT molecular complexity index is 1350. The molecule has 2 amide bonds. The number of hydrogen-bond donors (Lipinski definition) is 2. The van der Waals surface area contributed by atoms with Crippen LogP contribution in [0, 0.1) is 0 Å². The molecule has 1 aromatic carbocycles. The zero-order valence-electron chi connectivity index (χ0n) is 16.8. The largest absolute Gasteiger partial charge is 0.417 e. The van der Waals surface area contributed by atoms with E-state index in [9.17, 15) is 27.6 Å². The van der Waals surface area contributed by atoms with Gasteiger partial charge in [0.15, 0.2) is 0 Å². The second-order valence-electron chi connectivity index (χ2n) is 7.31. The Morgan fingerprint density at radius 1 is 1.03 bits per heavy atom. The number of nitrogens with one attached hydrogen (secondary N) is 1. The lowest BCUT2D eigenvalue weighted by Gasteiger charge is -2.19. The first-order chi connectivity index (χ1) is 15.0. The van der Waals surface area contributed by atoms with Crippen molar-refractivity contribution in [2.75, 3.05) is 24.7 Å². The fourth-order valence-corrected chi connectivity index (χ4v) is 3.54. The van der Waals surface area contributed by atoms with Crippen LogP contribution in [0.2, 0.25) is 0 Å². The molecule has 0 saturated heterocycles. The van der Waals surface area contributed by atoms with E-state index in [4.69, 9.17) is 5.73 Å². The highest BCUT2D eigenvalue weighted by Gasteiger charge is 2.33. The zero-order chi connectivity index (χ0) is 23.4. The number of nitrogens with two attached hydrogens (primary N) is 1. The van der Waals surface area contributed by atoms with Gasteiger partial charge in [0, 0.05) is 31.9 Å². The van der Waals surface area contributed by atoms with Gasteiger partial charge in [-0.3, -0.25) is 24.3 Å². The molecule has 0 radical (unpaired) electrons. The number of anilines is 2. The molecule has 3 heterocycles. The van der Waals surface area contributed by atoms with E-state index < -0.39 is 29.1 Å². The number of fused-ring (bicyclic) bond motifs is 1. The van der Waals surface area contributed by atoms with Crippen LogP contribution in [0.5, 0.6) is 0 Å². The lowest BCUT2D eigenvalue weighted by Crippen LogP contribution is -2.24. The Hall–Kier alpha value is -4.15. The molecular weight excluding hydrogens is 427 g/mol. The fourth-order valence-electron chi connectivity index (χ4n) is 3.54. The number of halogens is 3. The summed E-state index contributed by atoms with van der Waals surface area (Å²) in [7, 11) is 3.28. The van der Waals surface area contributed by atoms with Gasteiger partial charge in [-0.2, -0.15) is 13.2 Å². The Morgan fingerprint density at radius 2 is 1.75 bits per heavy atom. The number of nitrogen functional groups attached to an aromatic ring is 1. The minimum atomic E-state index is -4.59. The van der Waals surface area contributed by atoms with Crippen molar-refractivity contribution in [3.8, 4) is 16.8 Å². The summed E-state index contributed by atoms with van der Waals surface area (Å²) in [6.45, 7) is 0. The molecule has 11 heteroatoms. The van der Waals surface area contributed by atoms with Gasteiger partial charge in [0.05, 0.1) is 22.4 Å². The van der Waals surface area contributed by atoms with Crippen molar-refractivity contribution < 1.29 is 22.8 Å². The van der Waals surface area contributed by atoms with Gasteiger partial charge in [0.2, 0.25) is 0 Å². The van der Waals surface area contributed by atoms with Gasteiger partial charge in [-0.25, -0.2) is 4.98 Å². The van der Waals surface area contributed by atoms with Crippen molar-refractivity contribution in [1.29, 1.82) is 0 Å². The molecule has 0 aliphatic carbocycles. The van der Waals surface area contributed by atoms with E-state index in [0.717, 1.165) is 22.9 Å². The predicted molar refractivity (Wildman–Crippen MR) is 111 cm³/mol. The number of carbonyl (C=O) groups is 2. The highest BCUT2D eigenvalue weighted by Crippen LogP contribution is 2.36. The Labute approximate surface area is 179 Å². The molecule has 0 bridgehead atoms. The molecule has 3 aromatic rings. The summed E-state index contributed by atoms with van der Waals surface area (Å²) in [5.41, 5.74) is 4.95. The number of nitrogens with zero attached hydrogens (tertiary/aromatic N) is 3. The third-order valence-electron chi connectivity index (χ3n) is 4.99. The standard InChI is InChI=1S/C21H16F3N5O3/c1-28(2)18-13(7-11(9-26-18)21(22,23)24)10-4-3-5-12(6-10)29-15(30)8-14-16(17(29)25)20(32)27-19(14)31/h3-9H,25H2,1-2H3,(H,27,31,32). The van der Waals surface area contributed by atoms with Crippen LogP contribution in [-0.4, -0.2) is 35.5 Å². The van der Waals surface area contributed by atoms with Crippen molar-refractivity contribution in [2.45, 2.75) is 6.18 Å². The van der Waals surface area contributed by atoms with E-state index in [1.165, 1.54) is 18.2 Å². The van der Waals surface area contributed by atoms with Crippen LogP contribution in [-0.2, 0) is 6.18 Å². The molecule has 4 rings (SSSR count). The van der Waals surface area contributed by atoms with Gasteiger partial charge in [-0.1, -0.05) is 12.1 Å². The summed E-state index contributed by atoms with van der Waals surface area (Å²) in [5.74, 6) is -1.41. The zero-order valence-corrected chi connectivity index (χ0v) is 16.8. The van der Waals surface area contributed by atoms with E-state index in [1.807, 2.05) is 0 Å². The molecule has 32 heavy (non-hydrogen) atoms.